The van der Waals surface area contributed by atoms with Crippen molar-refractivity contribution in [3.05, 3.63) is 218 Å². The Bertz CT molecular complexity index is 3930. The number of rotatable bonds is 7. The highest BCUT2D eigenvalue weighted by Crippen LogP contribution is 2.42. The molecule has 308 valence electrons. The van der Waals surface area contributed by atoms with Crippen molar-refractivity contribution < 1.29 is 0 Å². The van der Waals surface area contributed by atoms with Gasteiger partial charge in [0.15, 0.2) is 29.1 Å². The summed E-state index contributed by atoms with van der Waals surface area (Å²) in [5, 5.41) is 6.62. The third kappa shape index (κ3) is 6.15. The van der Waals surface area contributed by atoms with E-state index >= 15 is 0 Å². The quantitative estimate of drug-likeness (QED) is 0.159. The minimum atomic E-state index is 0.531. The van der Waals surface area contributed by atoms with Crippen molar-refractivity contribution in [2.75, 3.05) is 0 Å². The van der Waals surface area contributed by atoms with E-state index in [1.54, 1.807) is 0 Å². The predicted molar refractivity (Wildman–Crippen MR) is 267 cm³/mol. The Kier molecular flexibility index (Phi) is 8.67. The summed E-state index contributed by atoms with van der Waals surface area (Å²) in [6.45, 7) is 0. The smallest absolute Gasteiger partial charge is 0.238 e. The van der Waals surface area contributed by atoms with E-state index in [4.69, 9.17) is 29.9 Å². The Hall–Kier alpha value is -9.14. The molecule has 0 saturated carbocycles. The summed E-state index contributed by atoms with van der Waals surface area (Å²) < 4.78 is 4.60. The highest BCUT2D eigenvalue weighted by atomic mass is 15.2. The van der Waals surface area contributed by atoms with E-state index in [2.05, 4.69) is 149 Å². The summed E-state index contributed by atoms with van der Waals surface area (Å²) in [6, 6.07) is 75.2. The molecule has 13 aromatic rings. The molecule has 9 aromatic carbocycles. The lowest BCUT2D eigenvalue weighted by atomic mass is 10.0. The van der Waals surface area contributed by atoms with Gasteiger partial charge >= 0.3 is 0 Å². The molecule has 0 aliphatic carbocycles. The summed E-state index contributed by atoms with van der Waals surface area (Å²) in [4.78, 5) is 31.1. The minimum absolute atomic E-state index is 0.531. The summed E-state index contributed by atoms with van der Waals surface area (Å²) in [6.07, 6.45) is 0. The average molecular weight is 845 g/mol. The van der Waals surface area contributed by atoms with Gasteiger partial charge in [-0.25, -0.2) is 19.9 Å². The first kappa shape index (κ1) is 37.4. The summed E-state index contributed by atoms with van der Waals surface area (Å²) in [5.41, 5.74) is 9.59. The second-order valence-corrected chi connectivity index (χ2v) is 16.3. The molecule has 4 heterocycles. The van der Waals surface area contributed by atoms with Gasteiger partial charge in [-0.2, -0.15) is 9.97 Å². The fourth-order valence-corrected chi connectivity index (χ4v) is 9.42. The van der Waals surface area contributed by atoms with Gasteiger partial charge in [-0.05, 0) is 35.0 Å². The molecule has 0 unspecified atom stereocenters. The molecule has 8 heteroatoms. The molecule has 0 aliphatic rings. The lowest BCUT2D eigenvalue weighted by molar-refractivity contribution is 0.954. The molecule has 0 N–H and O–H groups in total. The van der Waals surface area contributed by atoms with Crippen LogP contribution in [0.3, 0.4) is 0 Å². The normalized spacial score (nSPS) is 11.6. The SMILES string of the molecule is c1ccc(-c2nc(-c3ccccc3)nc(-c3cccc(-n4c5ccccc5c5ccc6c7ccccc7n(-c7nc(-c8ccccc8)nc(-c8cccc9ccccc89)n7)c6c54)c3)n2)cc1. The Labute approximate surface area is 378 Å². The molecule has 0 fully saturated rings. The van der Waals surface area contributed by atoms with Crippen LogP contribution in [0.2, 0.25) is 0 Å². The second kappa shape index (κ2) is 15.3. The number of hydrogen-bond acceptors (Lipinski definition) is 6. The Morgan fingerprint density at radius 2 is 0.697 bits per heavy atom. The van der Waals surface area contributed by atoms with Gasteiger partial charge in [0, 0.05) is 55.0 Å². The maximum absolute atomic E-state index is 5.41. The topological polar surface area (TPSA) is 87.2 Å². The summed E-state index contributed by atoms with van der Waals surface area (Å²) in [5.74, 6) is 3.54. The van der Waals surface area contributed by atoms with Crippen molar-refractivity contribution in [1.29, 1.82) is 0 Å². The lowest BCUT2D eigenvalue weighted by Crippen LogP contribution is -2.07. The molecule has 0 bridgehead atoms. The molecule has 0 aliphatic heterocycles. The van der Waals surface area contributed by atoms with Gasteiger partial charge in [0.05, 0.1) is 22.1 Å². The van der Waals surface area contributed by atoms with Crippen LogP contribution >= 0.6 is 0 Å². The van der Waals surface area contributed by atoms with Crippen molar-refractivity contribution in [2.45, 2.75) is 0 Å². The van der Waals surface area contributed by atoms with Crippen LogP contribution in [0.1, 0.15) is 0 Å². The van der Waals surface area contributed by atoms with E-state index in [1.165, 1.54) is 0 Å². The van der Waals surface area contributed by atoms with Crippen LogP contribution in [0.5, 0.6) is 0 Å². The maximum Gasteiger partial charge on any atom is 0.238 e. The highest BCUT2D eigenvalue weighted by molar-refractivity contribution is 6.23. The second-order valence-electron chi connectivity index (χ2n) is 16.3. The monoisotopic (exact) mass is 844 g/mol. The summed E-state index contributed by atoms with van der Waals surface area (Å²) in [7, 11) is 0. The average Bonchev–Trinajstić information content (AvgIpc) is 3.92. The molecule has 66 heavy (non-hydrogen) atoms. The molecule has 0 saturated heterocycles. The number of para-hydroxylation sites is 2. The van der Waals surface area contributed by atoms with E-state index in [1.807, 2.05) is 78.9 Å². The predicted octanol–water partition coefficient (Wildman–Crippen LogP) is 13.7. The molecular weight excluding hydrogens is 809 g/mol. The van der Waals surface area contributed by atoms with Gasteiger partial charge in [0.2, 0.25) is 5.95 Å². The number of hydrogen-bond donors (Lipinski definition) is 0. The third-order valence-electron chi connectivity index (χ3n) is 12.4. The fraction of sp³-hybridized carbons (Fsp3) is 0. The van der Waals surface area contributed by atoms with Crippen molar-refractivity contribution in [2.24, 2.45) is 0 Å². The lowest BCUT2D eigenvalue weighted by Gasteiger charge is -2.14. The van der Waals surface area contributed by atoms with Crippen molar-refractivity contribution in [3.8, 4) is 68.6 Å². The van der Waals surface area contributed by atoms with Crippen LogP contribution in [-0.4, -0.2) is 39.0 Å². The first-order chi connectivity index (χ1) is 32.7. The number of fused-ring (bicyclic) bond motifs is 8. The van der Waals surface area contributed by atoms with Gasteiger partial charge in [-0.15, -0.1) is 0 Å². The molecule has 4 aromatic heterocycles. The largest absolute Gasteiger partial charge is 0.307 e. The van der Waals surface area contributed by atoms with Crippen LogP contribution in [0.15, 0.2) is 218 Å². The van der Waals surface area contributed by atoms with Gasteiger partial charge in [0.25, 0.3) is 0 Å². The van der Waals surface area contributed by atoms with Crippen molar-refractivity contribution in [1.82, 2.24) is 39.0 Å². The zero-order chi connectivity index (χ0) is 43.6. The minimum Gasteiger partial charge on any atom is -0.307 e. The molecule has 0 spiro atoms. The third-order valence-corrected chi connectivity index (χ3v) is 12.4. The first-order valence-electron chi connectivity index (χ1n) is 22.0. The van der Waals surface area contributed by atoms with Crippen LogP contribution in [-0.2, 0) is 0 Å². The van der Waals surface area contributed by atoms with E-state index in [0.29, 0.717) is 35.1 Å². The molecule has 13 rings (SSSR count). The Morgan fingerprint density at radius 1 is 0.273 bits per heavy atom. The molecule has 0 atom stereocenters. The number of benzene rings is 9. The highest BCUT2D eigenvalue weighted by Gasteiger charge is 2.24. The van der Waals surface area contributed by atoms with Gasteiger partial charge in [-0.3, -0.25) is 4.57 Å². The van der Waals surface area contributed by atoms with E-state index in [9.17, 15) is 0 Å². The van der Waals surface area contributed by atoms with Gasteiger partial charge in [0.1, 0.15) is 0 Å². The van der Waals surface area contributed by atoms with Crippen LogP contribution in [0.25, 0.3) is 123 Å². The van der Waals surface area contributed by atoms with E-state index < -0.39 is 0 Å². The molecular formula is C58H36N8. The molecule has 0 radical (unpaired) electrons. The number of aromatic nitrogens is 8. The van der Waals surface area contributed by atoms with Gasteiger partial charge < -0.3 is 4.57 Å². The zero-order valence-electron chi connectivity index (χ0n) is 35.4. The standard InChI is InChI=1S/C58H36N8/c1-4-19-38(20-5-1)53-59-54(39-21-6-2-7-22-39)61-56(60-53)41-26-16-27-42(36-41)65-49-32-14-12-29-44(49)46-34-35-47-45-30-13-15-33-50(45)66(52(47)51(46)65)58-63-55(40-23-8-3-9-24-40)62-57(64-58)48-31-17-25-37-18-10-11-28-43(37)48/h1-36H. The first-order valence-corrected chi connectivity index (χ1v) is 22.0. The summed E-state index contributed by atoms with van der Waals surface area (Å²) >= 11 is 0. The van der Waals surface area contributed by atoms with Crippen LogP contribution in [0, 0.1) is 0 Å². The van der Waals surface area contributed by atoms with Crippen LogP contribution in [0.4, 0.5) is 0 Å². The number of nitrogens with zero attached hydrogens (tertiary/aromatic N) is 8. The molecule has 0 amide bonds. The maximum atomic E-state index is 5.41. The van der Waals surface area contributed by atoms with E-state index in [0.717, 1.165) is 87.9 Å². The zero-order valence-corrected chi connectivity index (χ0v) is 35.4. The Morgan fingerprint density at radius 3 is 1.32 bits per heavy atom. The van der Waals surface area contributed by atoms with E-state index in [-0.39, 0.29) is 0 Å². The van der Waals surface area contributed by atoms with Crippen LogP contribution < -0.4 is 0 Å². The Balaban J connectivity index is 1.10. The van der Waals surface area contributed by atoms with Crippen molar-refractivity contribution >= 4 is 54.4 Å². The van der Waals surface area contributed by atoms with Crippen molar-refractivity contribution in [3.63, 3.8) is 0 Å². The fourth-order valence-electron chi connectivity index (χ4n) is 9.42. The molecule has 8 nitrogen and oxygen atoms in total. The van der Waals surface area contributed by atoms with Gasteiger partial charge in [-0.1, -0.05) is 194 Å².